The summed E-state index contributed by atoms with van der Waals surface area (Å²) in [5.74, 6) is 1.74. The van der Waals surface area contributed by atoms with Crippen molar-refractivity contribution in [1.82, 2.24) is 4.90 Å². The second kappa shape index (κ2) is 6.53. The van der Waals surface area contributed by atoms with E-state index in [0.717, 1.165) is 36.1 Å². The van der Waals surface area contributed by atoms with Crippen LogP contribution in [0.5, 0.6) is 0 Å². The van der Waals surface area contributed by atoms with Crippen LogP contribution in [0.4, 0.5) is 0 Å². The number of likely N-dealkylation sites (tertiary alicyclic amines) is 1. The van der Waals surface area contributed by atoms with Gasteiger partial charge in [-0.2, -0.15) is 0 Å². The van der Waals surface area contributed by atoms with Gasteiger partial charge >= 0.3 is 0 Å². The van der Waals surface area contributed by atoms with Gasteiger partial charge in [-0.05, 0) is 30.9 Å². The fraction of sp³-hybridized carbons (Fsp3) is 0.500. The van der Waals surface area contributed by atoms with Crippen LogP contribution in [-0.4, -0.2) is 29.9 Å². The largest absolute Gasteiger partial charge is 0.461 e. The van der Waals surface area contributed by atoms with Crippen molar-refractivity contribution in [2.75, 3.05) is 13.1 Å². The molecule has 22 heavy (non-hydrogen) atoms. The lowest BCUT2D eigenvalue weighted by Crippen LogP contribution is -2.49. The number of furan rings is 1. The molecule has 0 spiro atoms. The second-order valence-electron chi connectivity index (χ2n) is 6.36. The van der Waals surface area contributed by atoms with Crippen molar-refractivity contribution in [2.45, 2.75) is 38.6 Å². The van der Waals surface area contributed by atoms with Crippen LogP contribution in [0.3, 0.4) is 0 Å². The van der Waals surface area contributed by atoms with Gasteiger partial charge in [0.25, 0.3) is 0 Å². The third-order valence-electron chi connectivity index (χ3n) is 4.63. The van der Waals surface area contributed by atoms with E-state index in [0.29, 0.717) is 25.3 Å². The van der Waals surface area contributed by atoms with Crippen LogP contribution in [0.1, 0.15) is 31.9 Å². The maximum Gasteiger partial charge on any atom is 0.223 e. The van der Waals surface area contributed by atoms with Crippen LogP contribution < -0.4 is 5.73 Å². The number of aryl methyl sites for hydroxylation is 1. The number of carbonyl (C=O) groups is 1. The van der Waals surface area contributed by atoms with E-state index in [9.17, 15) is 4.79 Å². The number of piperidine rings is 1. The first-order valence-electron chi connectivity index (χ1n) is 8.14. The van der Waals surface area contributed by atoms with E-state index in [1.807, 2.05) is 35.2 Å². The van der Waals surface area contributed by atoms with Gasteiger partial charge in [0.15, 0.2) is 0 Å². The van der Waals surface area contributed by atoms with Crippen LogP contribution in [-0.2, 0) is 11.2 Å². The zero-order valence-corrected chi connectivity index (χ0v) is 13.1. The Morgan fingerprint density at radius 1 is 1.41 bits per heavy atom. The molecule has 2 aromatic rings. The van der Waals surface area contributed by atoms with Crippen LogP contribution in [0.25, 0.3) is 11.0 Å². The number of rotatable bonds is 4. The molecule has 1 aromatic carbocycles. The molecule has 1 aliphatic rings. The van der Waals surface area contributed by atoms with E-state index < -0.39 is 0 Å². The van der Waals surface area contributed by atoms with Crippen LogP contribution in [0.2, 0.25) is 0 Å². The predicted octanol–water partition coefficient (Wildman–Crippen LogP) is 2.95. The van der Waals surface area contributed by atoms with Crippen molar-refractivity contribution in [2.24, 2.45) is 11.7 Å². The predicted molar refractivity (Wildman–Crippen MR) is 87.5 cm³/mol. The summed E-state index contributed by atoms with van der Waals surface area (Å²) in [5.41, 5.74) is 6.73. The first kappa shape index (κ1) is 15.1. The van der Waals surface area contributed by atoms with Gasteiger partial charge in [-0.3, -0.25) is 4.79 Å². The molecule has 2 heterocycles. The first-order chi connectivity index (χ1) is 10.7. The molecule has 1 aromatic heterocycles. The second-order valence-corrected chi connectivity index (χ2v) is 6.36. The first-order valence-corrected chi connectivity index (χ1v) is 8.14. The maximum atomic E-state index is 12.5. The molecule has 0 saturated carbocycles. The molecular formula is C18H24N2O2. The zero-order valence-electron chi connectivity index (χ0n) is 13.1. The third-order valence-corrected chi connectivity index (χ3v) is 4.63. The Morgan fingerprint density at radius 3 is 3.00 bits per heavy atom. The number of nitrogens with zero attached hydrogens (tertiary/aromatic N) is 1. The average Bonchev–Trinajstić information content (AvgIpc) is 2.95. The number of hydrogen-bond donors (Lipinski definition) is 1. The summed E-state index contributed by atoms with van der Waals surface area (Å²) in [4.78, 5) is 14.5. The molecule has 0 aliphatic carbocycles. The highest BCUT2D eigenvalue weighted by molar-refractivity contribution is 5.79. The van der Waals surface area contributed by atoms with E-state index >= 15 is 0 Å². The minimum atomic E-state index is 0.197. The molecule has 118 valence electrons. The van der Waals surface area contributed by atoms with Gasteiger partial charge < -0.3 is 15.1 Å². The van der Waals surface area contributed by atoms with Gasteiger partial charge in [0.05, 0.1) is 0 Å². The van der Waals surface area contributed by atoms with Crippen LogP contribution in [0, 0.1) is 5.92 Å². The van der Waals surface area contributed by atoms with E-state index in [-0.39, 0.29) is 11.9 Å². The molecule has 3 rings (SSSR count). The van der Waals surface area contributed by atoms with Gasteiger partial charge in [-0.25, -0.2) is 0 Å². The van der Waals surface area contributed by atoms with Crippen molar-refractivity contribution >= 4 is 16.9 Å². The minimum Gasteiger partial charge on any atom is -0.461 e. The van der Waals surface area contributed by atoms with Crippen molar-refractivity contribution in [1.29, 1.82) is 0 Å². The summed E-state index contributed by atoms with van der Waals surface area (Å²) in [7, 11) is 0. The summed E-state index contributed by atoms with van der Waals surface area (Å²) in [6.07, 6.45) is 3.24. The number of amides is 1. The van der Waals surface area contributed by atoms with E-state index in [2.05, 4.69) is 6.92 Å². The molecule has 0 bridgehead atoms. The zero-order chi connectivity index (χ0) is 15.5. The maximum absolute atomic E-state index is 12.5. The Bertz CT molecular complexity index is 616. The molecule has 4 heteroatoms. The molecule has 1 aliphatic heterocycles. The summed E-state index contributed by atoms with van der Waals surface area (Å²) in [6.45, 7) is 3.63. The van der Waals surface area contributed by atoms with Crippen LogP contribution >= 0.6 is 0 Å². The van der Waals surface area contributed by atoms with Gasteiger partial charge in [0, 0.05) is 37.4 Å². The number of fused-ring (bicyclic) bond motifs is 1. The van der Waals surface area contributed by atoms with Crippen LogP contribution in [0.15, 0.2) is 34.7 Å². The van der Waals surface area contributed by atoms with Gasteiger partial charge in [0.2, 0.25) is 5.91 Å². The molecule has 1 saturated heterocycles. The van der Waals surface area contributed by atoms with E-state index in [4.69, 9.17) is 10.2 Å². The molecule has 2 unspecified atom stereocenters. The molecule has 2 N–H and O–H groups in total. The standard InChI is InChI=1S/C18H24N2O2/c1-13-8-9-20(15(10-13)12-19)18(21)7-6-16-11-14-4-2-3-5-17(14)22-16/h2-5,11,13,15H,6-10,12,19H2,1H3. The molecular weight excluding hydrogens is 276 g/mol. The van der Waals surface area contributed by atoms with E-state index in [1.165, 1.54) is 0 Å². The fourth-order valence-electron chi connectivity index (χ4n) is 3.34. The third kappa shape index (κ3) is 3.17. The summed E-state index contributed by atoms with van der Waals surface area (Å²) >= 11 is 0. The van der Waals surface area contributed by atoms with Gasteiger partial charge in [-0.1, -0.05) is 25.1 Å². The lowest BCUT2D eigenvalue weighted by Gasteiger charge is -2.38. The topological polar surface area (TPSA) is 59.5 Å². The smallest absolute Gasteiger partial charge is 0.223 e. The highest BCUT2D eigenvalue weighted by Gasteiger charge is 2.28. The SMILES string of the molecule is CC1CCN(C(=O)CCc2cc3ccccc3o2)C(CN)C1. The number of nitrogens with two attached hydrogens (primary N) is 1. The highest BCUT2D eigenvalue weighted by atomic mass is 16.3. The molecule has 0 radical (unpaired) electrons. The highest BCUT2D eigenvalue weighted by Crippen LogP contribution is 2.24. The van der Waals surface area contributed by atoms with E-state index in [1.54, 1.807) is 0 Å². The van der Waals surface area contributed by atoms with Crippen molar-refractivity contribution < 1.29 is 9.21 Å². The van der Waals surface area contributed by atoms with Crippen molar-refractivity contribution in [3.05, 3.63) is 36.1 Å². The molecule has 4 nitrogen and oxygen atoms in total. The summed E-state index contributed by atoms with van der Waals surface area (Å²) < 4.78 is 5.78. The Labute approximate surface area is 131 Å². The van der Waals surface area contributed by atoms with Gasteiger partial charge in [0.1, 0.15) is 11.3 Å². The lowest BCUT2D eigenvalue weighted by atomic mass is 9.92. The fourth-order valence-corrected chi connectivity index (χ4v) is 3.34. The van der Waals surface area contributed by atoms with Crippen molar-refractivity contribution in [3.8, 4) is 0 Å². The Morgan fingerprint density at radius 2 is 2.23 bits per heavy atom. The molecule has 2 atom stereocenters. The molecule has 1 fully saturated rings. The number of carbonyl (C=O) groups excluding carboxylic acids is 1. The van der Waals surface area contributed by atoms with Gasteiger partial charge in [-0.15, -0.1) is 0 Å². The van der Waals surface area contributed by atoms with Crippen molar-refractivity contribution in [3.63, 3.8) is 0 Å². The summed E-state index contributed by atoms with van der Waals surface area (Å²) in [5, 5.41) is 1.09. The number of hydrogen-bond acceptors (Lipinski definition) is 3. The summed E-state index contributed by atoms with van der Waals surface area (Å²) in [6, 6.07) is 10.2. The monoisotopic (exact) mass is 300 g/mol. The Kier molecular flexibility index (Phi) is 4.48. The Hall–Kier alpha value is -1.81. The Balaban J connectivity index is 1.61. The normalized spacial score (nSPS) is 22.2. The number of para-hydroxylation sites is 1. The minimum absolute atomic E-state index is 0.197. The number of benzene rings is 1. The lowest BCUT2D eigenvalue weighted by molar-refractivity contribution is -0.135. The molecule has 1 amide bonds. The average molecular weight is 300 g/mol. The quantitative estimate of drug-likeness (QED) is 0.944.